The number of hydrogen-bond donors (Lipinski definition) is 0. The molecule has 0 saturated heterocycles. The molecule has 2 rings (SSSR count). The summed E-state index contributed by atoms with van der Waals surface area (Å²) in [5.41, 5.74) is 1.84. The average molecular weight is 245 g/mol. The van der Waals surface area contributed by atoms with Crippen LogP contribution in [0.3, 0.4) is 0 Å². The first-order valence-corrected chi connectivity index (χ1v) is 5.72. The van der Waals surface area contributed by atoms with Crippen LogP contribution in [-0.4, -0.2) is 28.4 Å². The van der Waals surface area contributed by atoms with Crippen molar-refractivity contribution < 1.29 is 9.53 Å². The molecule has 0 radical (unpaired) electrons. The summed E-state index contributed by atoms with van der Waals surface area (Å²) in [5, 5.41) is 7.92. The van der Waals surface area contributed by atoms with Gasteiger partial charge in [-0.1, -0.05) is 17.3 Å². The lowest BCUT2D eigenvalue weighted by atomic mass is 10.1. The maximum atomic E-state index is 11.1. The van der Waals surface area contributed by atoms with Gasteiger partial charge >= 0.3 is 0 Å². The molecule has 0 N–H and O–H groups in total. The number of para-hydroxylation sites is 1. The van der Waals surface area contributed by atoms with Crippen LogP contribution in [0.25, 0.3) is 11.3 Å². The Hall–Kier alpha value is -2.17. The lowest BCUT2D eigenvalue weighted by molar-refractivity contribution is 0.111. The van der Waals surface area contributed by atoms with Crippen molar-refractivity contribution in [2.45, 2.75) is 19.9 Å². The molecule has 5 nitrogen and oxygen atoms in total. The number of carbonyl (C=O) groups excluding carboxylic acids is 1. The van der Waals surface area contributed by atoms with Crippen LogP contribution in [0.1, 0.15) is 30.4 Å². The zero-order valence-corrected chi connectivity index (χ0v) is 10.6. The first kappa shape index (κ1) is 12.3. The second kappa shape index (κ2) is 5.00. The van der Waals surface area contributed by atoms with Crippen molar-refractivity contribution in [2.75, 3.05) is 7.11 Å². The van der Waals surface area contributed by atoms with Crippen LogP contribution < -0.4 is 4.74 Å². The molecule has 0 spiro atoms. The van der Waals surface area contributed by atoms with Gasteiger partial charge in [-0.15, -0.1) is 5.10 Å². The Balaban J connectivity index is 2.68. The second-order valence-electron chi connectivity index (χ2n) is 4.18. The summed E-state index contributed by atoms with van der Waals surface area (Å²) in [6.45, 7) is 3.98. The summed E-state index contributed by atoms with van der Waals surface area (Å²) in [6.07, 6.45) is 0.716. The highest BCUT2D eigenvalue weighted by Gasteiger charge is 2.19. The fraction of sp³-hybridized carbons (Fsp3) is 0.308. The van der Waals surface area contributed by atoms with Gasteiger partial charge in [0.2, 0.25) is 0 Å². The van der Waals surface area contributed by atoms with Crippen molar-refractivity contribution in [1.82, 2.24) is 15.0 Å². The number of carbonyl (C=O) groups is 1. The van der Waals surface area contributed by atoms with Gasteiger partial charge in [-0.2, -0.15) is 0 Å². The highest BCUT2D eigenvalue weighted by Crippen LogP contribution is 2.32. The minimum atomic E-state index is 0.117. The molecule has 1 aromatic carbocycles. The number of aromatic nitrogens is 3. The van der Waals surface area contributed by atoms with E-state index in [9.17, 15) is 4.79 Å². The third-order valence-electron chi connectivity index (χ3n) is 2.68. The Morgan fingerprint density at radius 2 is 2.06 bits per heavy atom. The van der Waals surface area contributed by atoms with Crippen LogP contribution >= 0.6 is 0 Å². The highest BCUT2D eigenvalue weighted by atomic mass is 16.5. The van der Waals surface area contributed by atoms with Crippen molar-refractivity contribution in [3.63, 3.8) is 0 Å². The third-order valence-corrected chi connectivity index (χ3v) is 2.68. The molecule has 0 aliphatic heterocycles. The van der Waals surface area contributed by atoms with Crippen LogP contribution in [-0.2, 0) is 0 Å². The average Bonchev–Trinajstić information content (AvgIpc) is 2.82. The fourth-order valence-electron chi connectivity index (χ4n) is 1.85. The number of nitrogens with zero attached hydrogens (tertiary/aromatic N) is 3. The third kappa shape index (κ3) is 1.99. The molecule has 0 fully saturated rings. The van der Waals surface area contributed by atoms with E-state index < -0.39 is 0 Å². The van der Waals surface area contributed by atoms with Gasteiger partial charge < -0.3 is 4.74 Å². The monoisotopic (exact) mass is 245 g/mol. The summed E-state index contributed by atoms with van der Waals surface area (Å²) in [6, 6.07) is 7.63. The molecule has 94 valence electrons. The maximum Gasteiger partial charge on any atom is 0.172 e. The zero-order chi connectivity index (χ0) is 13.1. The minimum absolute atomic E-state index is 0.117. The summed E-state index contributed by atoms with van der Waals surface area (Å²) in [4.78, 5) is 11.1. The number of ether oxygens (including phenoxy) is 1. The van der Waals surface area contributed by atoms with Crippen LogP contribution in [0, 0.1) is 0 Å². The summed E-state index contributed by atoms with van der Waals surface area (Å²) in [7, 11) is 1.60. The summed E-state index contributed by atoms with van der Waals surface area (Å²) in [5.74, 6) is 0.699. The topological polar surface area (TPSA) is 57.0 Å². The molecule has 0 atom stereocenters. The number of rotatable bonds is 4. The van der Waals surface area contributed by atoms with E-state index in [0.717, 1.165) is 5.56 Å². The number of methoxy groups -OCH3 is 1. The summed E-state index contributed by atoms with van der Waals surface area (Å²) >= 11 is 0. The van der Waals surface area contributed by atoms with Crippen molar-refractivity contribution >= 4 is 6.29 Å². The minimum Gasteiger partial charge on any atom is -0.496 e. The van der Waals surface area contributed by atoms with E-state index >= 15 is 0 Å². The second-order valence-corrected chi connectivity index (χ2v) is 4.18. The Bertz CT molecular complexity index is 561. The van der Waals surface area contributed by atoms with Crippen LogP contribution in [0.5, 0.6) is 5.75 Å². The largest absolute Gasteiger partial charge is 0.496 e. The molecule has 2 aromatic rings. The molecule has 0 bridgehead atoms. The number of benzene rings is 1. The molecule has 0 aliphatic rings. The van der Waals surface area contributed by atoms with E-state index in [-0.39, 0.29) is 6.04 Å². The molecular weight excluding hydrogens is 230 g/mol. The highest BCUT2D eigenvalue weighted by molar-refractivity contribution is 5.85. The molecule has 0 unspecified atom stereocenters. The molecule has 1 aromatic heterocycles. The SMILES string of the molecule is COc1ccccc1-c1c(C=O)nnn1C(C)C. The van der Waals surface area contributed by atoms with E-state index in [0.29, 0.717) is 23.4 Å². The van der Waals surface area contributed by atoms with Gasteiger partial charge in [-0.3, -0.25) is 4.79 Å². The van der Waals surface area contributed by atoms with Gasteiger partial charge in [0, 0.05) is 11.6 Å². The number of aldehydes is 1. The maximum absolute atomic E-state index is 11.1. The van der Waals surface area contributed by atoms with E-state index in [2.05, 4.69) is 10.3 Å². The number of hydrogen-bond acceptors (Lipinski definition) is 4. The molecule has 0 amide bonds. The lowest BCUT2D eigenvalue weighted by Crippen LogP contribution is -2.06. The van der Waals surface area contributed by atoms with E-state index in [1.807, 2.05) is 38.1 Å². The fourth-order valence-corrected chi connectivity index (χ4v) is 1.85. The van der Waals surface area contributed by atoms with Crippen molar-refractivity contribution in [3.8, 4) is 17.0 Å². The molecule has 5 heteroatoms. The quantitative estimate of drug-likeness (QED) is 0.776. The molecular formula is C13H15N3O2. The van der Waals surface area contributed by atoms with Crippen molar-refractivity contribution in [3.05, 3.63) is 30.0 Å². The Labute approximate surface area is 105 Å². The van der Waals surface area contributed by atoms with Crippen molar-refractivity contribution in [2.24, 2.45) is 0 Å². The van der Waals surface area contributed by atoms with E-state index in [1.54, 1.807) is 11.8 Å². The van der Waals surface area contributed by atoms with E-state index in [4.69, 9.17) is 4.74 Å². The van der Waals surface area contributed by atoms with Gasteiger partial charge in [-0.25, -0.2) is 4.68 Å². The normalized spacial score (nSPS) is 10.7. The Morgan fingerprint density at radius 1 is 1.33 bits per heavy atom. The van der Waals surface area contributed by atoms with Gasteiger partial charge in [0.15, 0.2) is 12.0 Å². The van der Waals surface area contributed by atoms with Gasteiger partial charge in [0.25, 0.3) is 0 Å². The van der Waals surface area contributed by atoms with Gasteiger partial charge in [-0.05, 0) is 26.0 Å². The van der Waals surface area contributed by atoms with Gasteiger partial charge in [0.1, 0.15) is 11.4 Å². The standard InChI is InChI=1S/C13H15N3O2/c1-9(2)16-13(11(8-17)14-15-16)10-6-4-5-7-12(10)18-3/h4-9H,1-3H3. The molecule has 18 heavy (non-hydrogen) atoms. The Kier molecular flexibility index (Phi) is 3.41. The predicted octanol–water partition coefficient (Wildman–Crippen LogP) is 2.35. The smallest absolute Gasteiger partial charge is 0.172 e. The van der Waals surface area contributed by atoms with Gasteiger partial charge in [0.05, 0.1) is 7.11 Å². The molecule has 0 saturated carbocycles. The van der Waals surface area contributed by atoms with Crippen LogP contribution in [0.2, 0.25) is 0 Å². The first-order valence-electron chi connectivity index (χ1n) is 5.72. The Morgan fingerprint density at radius 3 is 2.67 bits per heavy atom. The summed E-state index contributed by atoms with van der Waals surface area (Å²) < 4.78 is 7.04. The van der Waals surface area contributed by atoms with Crippen LogP contribution in [0.15, 0.2) is 24.3 Å². The zero-order valence-electron chi connectivity index (χ0n) is 10.6. The van der Waals surface area contributed by atoms with Crippen molar-refractivity contribution in [1.29, 1.82) is 0 Å². The predicted molar refractivity (Wildman–Crippen MR) is 67.8 cm³/mol. The van der Waals surface area contributed by atoms with E-state index in [1.165, 1.54) is 0 Å². The first-order chi connectivity index (χ1) is 8.69. The lowest BCUT2D eigenvalue weighted by Gasteiger charge is -2.12. The molecule has 1 heterocycles. The molecule has 0 aliphatic carbocycles. The van der Waals surface area contributed by atoms with Crippen LogP contribution in [0.4, 0.5) is 0 Å².